The molecule has 2 fully saturated rings. The van der Waals surface area contributed by atoms with Crippen molar-refractivity contribution >= 4 is 57.3 Å². The lowest BCUT2D eigenvalue weighted by Crippen LogP contribution is -2.37. The maximum absolute atomic E-state index is 13.4. The minimum absolute atomic E-state index is 0.0143. The summed E-state index contributed by atoms with van der Waals surface area (Å²) >= 11 is 2.96. The van der Waals surface area contributed by atoms with Crippen molar-refractivity contribution in [1.29, 1.82) is 0 Å². The predicted octanol–water partition coefficient (Wildman–Crippen LogP) is 7.53. The first-order valence-electron chi connectivity index (χ1n) is 11.7. The molecule has 3 heterocycles. The second-order valence-corrected chi connectivity index (χ2v) is 10.6. The molecule has 174 valence electrons. The van der Waals surface area contributed by atoms with Crippen molar-refractivity contribution in [1.82, 2.24) is 9.88 Å². The Labute approximate surface area is 212 Å². The summed E-state index contributed by atoms with van der Waals surface area (Å²) in [5.74, 6) is 0.671. The molecule has 0 radical (unpaired) electrons. The number of thioether (sulfide) groups is 1. The zero-order valence-electron chi connectivity index (χ0n) is 19.0. The van der Waals surface area contributed by atoms with Crippen molar-refractivity contribution in [2.75, 3.05) is 0 Å². The third-order valence-electron chi connectivity index (χ3n) is 6.19. The Bertz CT molecular complexity index is 1430. The van der Waals surface area contributed by atoms with Crippen LogP contribution in [0.4, 0.5) is 5.69 Å². The summed E-state index contributed by atoms with van der Waals surface area (Å²) in [6, 6.07) is 24.0. The van der Waals surface area contributed by atoms with Crippen LogP contribution in [0.2, 0.25) is 0 Å². The number of carbonyl (C=O) groups excluding carboxylic acids is 1. The zero-order valence-corrected chi connectivity index (χ0v) is 20.6. The zero-order chi connectivity index (χ0) is 23.6. The molecule has 6 rings (SSSR count). The van der Waals surface area contributed by atoms with Crippen LogP contribution >= 0.6 is 23.5 Å². The van der Waals surface area contributed by atoms with Gasteiger partial charge in [-0.3, -0.25) is 14.7 Å². The summed E-state index contributed by atoms with van der Waals surface area (Å²) in [5, 5.41) is 2.61. The van der Waals surface area contributed by atoms with Crippen LogP contribution in [-0.2, 0) is 4.79 Å². The molecule has 0 N–H and O–H groups in total. The van der Waals surface area contributed by atoms with E-state index < -0.39 is 0 Å². The Hall–Kier alpha value is -3.29. The van der Waals surface area contributed by atoms with Crippen LogP contribution in [0.15, 0.2) is 103 Å². The summed E-state index contributed by atoms with van der Waals surface area (Å²) in [7, 11) is 0. The van der Waals surface area contributed by atoms with Gasteiger partial charge in [0.1, 0.15) is 5.76 Å². The van der Waals surface area contributed by atoms with Gasteiger partial charge in [0.15, 0.2) is 10.3 Å². The lowest BCUT2D eigenvalue weighted by atomic mass is 10.2. The molecule has 2 aromatic carbocycles. The van der Waals surface area contributed by atoms with Crippen LogP contribution in [0.5, 0.6) is 0 Å². The van der Waals surface area contributed by atoms with Gasteiger partial charge in [-0.05, 0) is 72.8 Å². The fourth-order valence-electron chi connectivity index (χ4n) is 4.53. The number of para-hydroxylation sites is 2. The molecule has 2 aromatic heterocycles. The van der Waals surface area contributed by atoms with E-state index in [0.29, 0.717) is 10.7 Å². The van der Waals surface area contributed by atoms with E-state index in [1.807, 2.05) is 71.6 Å². The maximum Gasteiger partial charge on any atom is 0.267 e. The van der Waals surface area contributed by atoms with E-state index >= 15 is 0 Å². The van der Waals surface area contributed by atoms with Crippen molar-refractivity contribution in [3.8, 4) is 0 Å². The van der Waals surface area contributed by atoms with Gasteiger partial charge in [-0.25, -0.2) is 4.99 Å². The normalized spacial score (nSPS) is 19.0. The van der Waals surface area contributed by atoms with Gasteiger partial charge in [0.2, 0.25) is 0 Å². The number of nitrogens with zero attached hydrogens (tertiary/aromatic N) is 3. The Morgan fingerprint density at radius 3 is 2.69 bits per heavy atom. The largest absolute Gasteiger partial charge is 0.450 e. The molecule has 0 unspecified atom stereocenters. The summed E-state index contributed by atoms with van der Waals surface area (Å²) < 4.78 is 6.10. The molecule has 0 bridgehead atoms. The SMILES string of the molecule is O=C1/C(=C/c2ccc(Sc3cccc4cccnc34)o2)SC(=Nc2ccccc2)N1C1CCCC1. The summed E-state index contributed by atoms with van der Waals surface area (Å²) in [4.78, 5) is 26.4. The van der Waals surface area contributed by atoms with Crippen molar-refractivity contribution in [2.45, 2.75) is 41.7 Å². The molecule has 1 aliphatic carbocycles. The van der Waals surface area contributed by atoms with Gasteiger partial charge in [0, 0.05) is 28.6 Å². The number of pyridine rings is 1. The van der Waals surface area contributed by atoms with Gasteiger partial charge in [-0.15, -0.1) is 0 Å². The molecule has 1 saturated heterocycles. The fraction of sp³-hybridized carbons (Fsp3) is 0.179. The Balaban J connectivity index is 1.27. The number of fused-ring (bicyclic) bond motifs is 1. The highest BCUT2D eigenvalue weighted by molar-refractivity contribution is 8.18. The lowest BCUT2D eigenvalue weighted by molar-refractivity contribution is -0.123. The minimum Gasteiger partial charge on any atom is -0.450 e. The number of furan rings is 1. The summed E-state index contributed by atoms with van der Waals surface area (Å²) in [6.07, 6.45) is 7.99. The Morgan fingerprint density at radius 1 is 1.00 bits per heavy atom. The van der Waals surface area contributed by atoms with Crippen LogP contribution in [0, 0.1) is 0 Å². The number of amidine groups is 1. The highest BCUT2D eigenvalue weighted by atomic mass is 32.2. The molecule has 0 spiro atoms. The van der Waals surface area contributed by atoms with E-state index in [1.165, 1.54) is 23.5 Å². The van der Waals surface area contributed by atoms with Crippen LogP contribution in [0.3, 0.4) is 0 Å². The van der Waals surface area contributed by atoms with E-state index in [2.05, 4.69) is 17.1 Å². The second-order valence-electron chi connectivity index (χ2n) is 8.54. The molecule has 1 amide bonds. The fourth-order valence-corrected chi connectivity index (χ4v) is 6.47. The van der Waals surface area contributed by atoms with E-state index in [4.69, 9.17) is 9.41 Å². The monoisotopic (exact) mass is 497 g/mol. The number of rotatable bonds is 5. The van der Waals surface area contributed by atoms with Crippen molar-refractivity contribution in [2.24, 2.45) is 4.99 Å². The number of hydrogen-bond donors (Lipinski definition) is 0. The van der Waals surface area contributed by atoms with Gasteiger partial charge in [0.05, 0.1) is 16.1 Å². The standard InChI is InChI=1S/C28H23N3O2S2/c32-27-24(35-28(30-20-10-2-1-3-11-20)31(27)21-12-4-5-13-21)18-22-15-16-25(33-22)34-23-14-6-8-19-9-7-17-29-26(19)23/h1-3,6-11,14-18,21H,4-5,12-13H2/b24-18-,30-28?. The molecular formula is C28H23N3O2S2. The molecular weight excluding hydrogens is 474 g/mol. The predicted molar refractivity (Wildman–Crippen MR) is 143 cm³/mol. The number of benzene rings is 2. The van der Waals surface area contributed by atoms with Gasteiger partial charge in [0.25, 0.3) is 5.91 Å². The van der Waals surface area contributed by atoms with Crippen LogP contribution < -0.4 is 0 Å². The second kappa shape index (κ2) is 9.76. The lowest BCUT2D eigenvalue weighted by Gasteiger charge is -2.22. The van der Waals surface area contributed by atoms with Crippen molar-refractivity contribution in [3.05, 3.63) is 89.7 Å². The highest BCUT2D eigenvalue weighted by Gasteiger charge is 2.39. The number of hydrogen-bond acceptors (Lipinski definition) is 6. The maximum atomic E-state index is 13.4. The van der Waals surface area contributed by atoms with E-state index in [9.17, 15) is 4.79 Å². The number of aromatic nitrogens is 1. The summed E-state index contributed by atoms with van der Waals surface area (Å²) in [6.45, 7) is 0. The molecule has 4 aromatic rings. The van der Waals surface area contributed by atoms with Crippen molar-refractivity contribution < 1.29 is 9.21 Å². The number of aliphatic imine (C=N–C) groups is 1. The van der Waals surface area contributed by atoms with Gasteiger partial charge < -0.3 is 4.42 Å². The summed E-state index contributed by atoms with van der Waals surface area (Å²) in [5.41, 5.74) is 1.80. The highest BCUT2D eigenvalue weighted by Crippen LogP contribution is 2.40. The number of amides is 1. The minimum atomic E-state index is 0.0143. The first kappa shape index (κ1) is 22.2. The third kappa shape index (κ3) is 4.66. The Kier molecular flexibility index (Phi) is 6.19. The molecule has 35 heavy (non-hydrogen) atoms. The van der Waals surface area contributed by atoms with E-state index in [1.54, 1.807) is 6.20 Å². The molecule has 7 heteroatoms. The topological polar surface area (TPSA) is 58.7 Å². The average Bonchev–Trinajstić information content (AvgIpc) is 3.62. The molecule has 1 saturated carbocycles. The van der Waals surface area contributed by atoms with Crippen LogP contribution in [0.25, 0.3) is 17.0 Å². The third-order valence-corrected chi connectivity index (χ3v) is 8.14. The number of carbonyl (C=O) groups is 1. The average molecular weight is 498 g/mol. The van der Waals surface area contributed by atoms with E-state index in [0.717, 1.165) is 57.4 Å². The van der Waals surface area contributed by atoms with Gasteiger partial charge >= 0.3 is 0 Å². The first-order chi connectivity index (χ1) is 17.2. The first-order valence-corrected chi connectivity index (χ1v) is 13.4. The smallest absolute Gasteiger partial charge is 0.267 e. The Morgan fingerprint density at radius 2 is 1.83 bits per heavy atom. The quantitative estimate of drug-likeness (QED) is 0.267. The molecule has 0 atom stereocenters. The van der Waals surface area contributed by atoms with Gasteiger partial charge in [-0.1, -0.05) is 49.2 Å². The molecule has 1 aliphatic heterocycles. The van der Waals surface area contributed by atoms with Crippen LogP contribution in [0.1, 0.15) is 31.4 Å². The molecule has 5 nitrogen and oxygen atoms in total. The van der Waals surface area contributed by atoms with Gasteiger partial charge in [-0.2, -0.15) is 0 Å². The van der Waals surface area contributed by atoms with Crippen molar-refractivity contribution in [3.63, 3.8) is 0 Å². The molecule has 2 aliphatic rings. The van der Waals surface area contributed by atoms with E-state index in [-0.39, 0.29) is 11.9 Å². The van der Waals surface area contributed by atoms with Crippen LogP contribution in [-0.4, -0.2) is 27.0 Å².